The first-order valence-electron chi connectivity index (χ1n) is 8.19. The van der Waals surface area contributed by atoms with Crippen LogP contribution in [0.5, 0.6) is 17.2 Å². The van der Waals surface area contributed by atoms with Crippen molar-refractivity contribution >= 4 is 15.7 Å². The highest BCUT2D eigenvalue weighted by Gasteiger charge is 2.44. The van der Waals surface area contributed by atoms with Crippen molar-refractivity contribution in [2.75, 3.05) is 11.8 Å². The van der Waals surface area contributed by atoms with Gasteiger partial charge in [-0.05, 0) is 49.2 Å². The fourth-order valence-corrected chi connectivity index (χ4v) is 4.29. The molecule has 2 aromatic carbocycles. The maximum Gasteiger partial charge on any atom is 0.261 e. The van der Waals surface area contributed by atoms with E-state index in [0.717, 1.165) is 25.7 Å². The molecule has 0 saturated heterocycles. The number of hydrogen-bond acceptors (Lipinski definition) is 5. The van der Waals surface area contributed by atoms with Crippen molar-refractivity contribution in [2.45, 2.75) is 36.4 Å². The first-order chi connectivity index (χ1) is 12.0. The van der Waals surface area contributed by atoms with Crippen LogP contribution in [0.1, 0.15) is 25.7 Å². The number of ether oxygens (including phenoxy) is 3. The van der Waals surface area contributed by atoms with Crippen molar-refractivity contribution in [2.24, 2.45) is 0 Å². The molecule has 7 heteroatoms. The molecule has 0 amide bonds. The highest BCUT2D eigenvalue weighted by molar-refractivity contribution is 7.92. The van der Waals surface area contributed by atoms with Gasteiger partial charge in [0.2, 0.25) is 0 Å². The summed E-state index contributed by atoms with van der Waals surface area (Å²) in [5.74, 6) is 1.28. The van der Waals surface area contributed by atoms with Crippen LogP contribution in [0.4, 0.5) is 5.69 Å². The molecule has 0 aromatic heterocycles. The van der Waals surface area contributed by atoms with E-state index in [4.69, 9.17) is 14.2 Å². The number of benzene rings is 2. The molecule has 6 nitrogen and oxygen atoms in total. The van der Waals surface area contributed by atoms with Crippen molar-refractivity contribution in [3.8, 4) is 17.2 Å². The second-order valence-electron chi connectivity index (χ2n) is 6.26. The number of anilines is 1. The third-order valence-electron chi connectivity index (χ3n) is 4.52. The van der Waals surface area contributed by atoms with Gasteiger partial charge >= 0.3 is 0 Å². The summed E-state index contributed by atoms with van der Waals surface area (Å²) in [6.07, 6.45) is 3.86. The molecule has 25 heavy (non-hydrogen) atoms. The van der Waals surface area contributed by atoms with Crippen LogP contribution in [0, 0.1) is 0 Å². The van der Waals surface area contributed by atoms with Crippen molar-refractivity contribution in [3.63, 3.8) is 0 Å². The molecule has 1 aliphatic heterocycles. The quantitative estimate of drug-likeness (QED) is 0.902. The first-order valence-corrected chi connectivity index (χ1v) is 9.67. The Balaban J connectivity index is 1.55. The minimum atomic E-state index is -3.69. The standard InChI is InChI=1S/C18H19NO5S/c1-22-14-5-7-15(8-6-14)25(20,21)19-13-4-9-16-17(12-13)24-18(23-16)10-2-3-11-18/h4-9,12,19H,2-3,10-11H2,1H3. The maximum atomic E-state index is 12.5. The lowest BCUT2D eigenvalue weighted by Gasteiger charge is -2.21. The van der Waals surface area contributed by atoms with Crippen molar-refractivity contribution in [3.05, 3.63) is 42.5 Å². The van der Waals surface area contributed by atoms with Gasteiger partial charge in [0, 0.05) is 18.9 Å². The van der Waals surface area contributed by atoms with Crippen molar-refractivity contribution < 1.29 is 22.6 Å². The normalized spacial score (nSPS) is 17.6. The summed E-state index contributed by atoms with van der Waals surface area (Å²) in [6, 6.07) is 11.3. The van der Waals surface area contributed by atoms with Crippen molar-refractivity contribution in [1.29, 1.82) is 0 Å². The Morgan fingerprint density at radius 1 is 1.00 bits per heavy atom. The van der Waals surface area contributed by atoms with Gasteiger partial charge in [0.25, 0.3) is 15.8 Å². The molecule has 1 spiro atoms. The molecule has 1 aliphatic carbocycles. The van der Waals surface area contributed by atoms with Crippen LogP contribution >= 0.6 is 0 Å². The molecule has 0 radical (unpaired) electrons. The molecule has 1 fully saturated rings. The van der Waals surface area contributed by atoms with Gasteiger partial charge in [0.05, 0.1) is 17.7 Å². The Labute approximate surface area is 146 Å². The topological polar surface area (TPSA) is 73.9 Å². The van der Waals surface area contributed by atoms with E-state index in [9.17, 15) is 8.42 Å². The lowest BCUT2D eigenvalue weighted by molar-refractivity contribution is -0.0716. The molecule has 0 atom stereocenters. The summed E-state index contributed by atoms with van der Waals surface area (Å²) in [5.41, 5.74) is 0.438. The predicted molar refractivity (Wildman–Crippen MR) is 92.7 cm³/mol. The second-order valence-corrected chi connectivity index (χ2v) is 7.95. The van der Waals surface area contributed by atoms with E-state index in [1.165, 1.54) is 19.2 Å². The molecule has 1 heterocycles. The van der Waals surface area contributed by atoms with Crippen molar-refractivity contribution in [1.82, 2.24) is 0 Å². The Morgan fingerprint density at radius 2 is 1.68 bits per heavy atom. The zero-order valence-electron chi connectivity index (χ0n) is 13.8. The van der Waals surface area contributed by atoms with Crippen LogP contribution in [0.25, 0.3) is 0 Å². The SMILES string of the molecule is COc1ccc(S(=O)(=O)Nc2ccc3c(c2)OC2(CCCC2)O3)cc1. The van der Waals surface area contributed by atoms with Crippen LogP contribution in [0.3, 0.4) is 0 Å². The highest BCUT2D eigenvalue weighted by Crippen LogP contribution is 2.47. The van der Waals surface area contributed by atoms with Gasteiger partial charge in [-0.3, -0.25) is 4.72 Å². The van der Waals surface area contributed by atoms with Crippen LogP contribution in [-0.2, 0) is 10.0 Å². The average molecular weight is 361 g/mol. The summed E-state index contributed by atoms with van der Waals surface area (Å²) < 4.78 is 44.6. The van der Waals surface area contributed by atoms with E-state index < -0.39 is 15.8 Å². The van der Waals surface area contributed by atoms with Gasteiger partial charge in [-0.1, -0.05) is 0 Å². The summed E-state index contributed by atoms with van der Waals surface area (Å²) in [4.78, 5) is 0.165. The lowest BCUT2D eigenvalue weighted by Crippen LogP contribution is -2.34. The first kappa shape index (κ1) is 16.1. The molecule has 1 saturated carbocycles. The summed E-state index contributed by atoms with van der Waals surface area (Å²) in [6.45, 7) is 0. The van der Waals surface area contributed by atoms with Crippen LogP contribution in [-0.4, -0.2) is 21.3 Å². The molecule has 2 aliphatic rings. The van der Waals surface area contributed by atoms with E-state index in [1.807, 2.05) is 0 Å². The average Bonchev–Trinajstić information content (AvgIpc) is 3.20. The zero-order valence-corrected chi connectivity index (χ0v) is 14.6. The van der Waals surface area contributed by atoms with Gasteiger partial charge < -0.3 is 14.2 Å². The maximum absolute atomic E-state index is 12.5. The third kappa shape index (κ3) is 3.00. The van der Waals surface area contributed by atoms with Gasteiger partial charge in [-0.15, -0.1) is 0 Å². The second kappa shape index (κ2) is 5.84. The summed E-state index contributed by atoms with van der Waals surface area (Å²) in [5, 5.41) is 0. The van der Waals surface area contributed by atoms with E-state index in [1.54, 1.807) is 30.3 Å². The number of rotatable bonds is 4. The Bertz CT molecular complexity index is 886. The molecular formula is C18H19NO5S. The van der Waals surface area contributed by atoms with Crippen LogP contribution in [0.2, 0.25) is 0 Å². The van der Waals surface area contributed by atoms with Gasteiger partial charge in [-0.25, -0.2) is 8.42 Å². The monoisotopic (exact) mass is 361 g/mol. The molecule has 0 bridgehead atoms. The third-order valence-corrected chi connectivity index (χ3v) is 5.92. The molecule has 2 aromatic rings. The Kier molecular flexibility index (Phi) is 3.76. The van der Waals surface area contributed by atoms with Gasteiger partial charge in [0.1, 0.15) is 5.75 Å². The molecular weight excluding hydrogens is 342 g/mol. The van der Waals surface area contributed by atoms with Gasteiger partial charge in [0.15, 0.2) is 11.5 Å². The Morgan fingerprint density at radius 3 is 2.36 bits per heavy atom. The molecule has 1 N–H and O–H groups in total. The van der Waals surface area contributed by atoms with E-state index >= 15 is 0 Å². The van der Waals surface area contributed by atoms with E-state index in [0.29, 0.717) is 22.9 Å². The number of sulfonamides is 1. The zero-order chi connectivity index (χ0) is 17.5. The molecule has 0 unspecified atom stereocenters. The minimum Gasteiger partial charge on any atom is -0.497 e. The Hall–Kier alpha value is -2.41. The number of hydrogen-bond donors (Lipinski definition) is 1. The lowest BCUT2D eigenvalue weighted by atomic mass is 10.2. The largest absolute Gasteiger partial charge is 0.497 e. The molecule has 4 rings (SSSR count). The van der Waals surface area contributed by atoms with Crippen LogP contribution in [0.15, 0.2) is 47.4 Å². The van der Waals surface area contributed by atoms with Gasteiger partial charge in [-0.2, -0.15) is 0 Å². The fraction of sp³-hybridized carbons (Fsp3) is 0.333. The highest BCUT2D eigenvalue weighted by atomic mass is 32.2. The van der Waals surface area contributed by atoms with E-state index in [2.05, 4.69) is 4.72 Å². The summed E-state index contributed by atoms with van der Waals surface area (Å²) in [7, 11) is -2.15. The predicted octanol–water partition coefficient (Wildman–Crippen LogP) is 3.54. The van der Waals surface area contributed by atoms with Crippen LogP contribution < -0.4 is 18.9 Å². The number of methoxy groups -OCH3 is 1. The molecule has 132 valence electrons. The number of nitrogens with one attached hydrogen (secondary N) is 1. The minimum absolute atomic E-state index is 0.165. The number of fused-ring (bicyclic) bond motifs is 1. The smallest absolute Gasteiger partial charge is 0.261 e. The summed E-state index contributed by atoms with van der Waals surface area (Å²) >= 11 is 0. The fourth-order valence-electron chi connectivity index (χ4n) is 3.24. The van der Waals surface area contributed by atoms with E-state index in [-0.39, 0.29) is 4.90 Å².